The number of halogens is 1. The highest BCUT2D eigenvalue weighted by atomic mass is 35.5. The number of fused-ring (bicyclic) bond motifs is 4. The van der Waals surface area contributed by atoms with E-state index in [0.717, 1.165) is 0 Å². The molecule has 3 aromatic rings. The summed E-state index contributed by atoms with van der Waals surface area (Å²) in [6.45, 7) is 2.07. The van der Waals surface area contributed by atoms with Gasteiger partial charge in [-0.1, -0.05) is 48.5 Å². The number of aromatic nitrogens is 3. The van der Waals surface area contributed by atoms with Crippen molar-refractivity contribution >= 4 is 35.0 Å². The molecule has 1 aromatic heterocycles. The molecule has 3 heterocycles. The Kier molecular flexibility index (Phi) is 5.52. The third-order valence-corrected chi connectivity index (χ3v) is 6.05. The summed E-state index contributed by atoms with van der Waals surface area (Å²) < 4.78 is 17.4. The van der Waals surface area contributed by atoms with E-state index in [1.165, 1.54) is 11.8 Å². The molecule has 5 rings (SSSR count). The summed E-state index contributed by atoms with van der Waals surface area (Å²) in [5.74, 6) is 1.26. The van der Waals surface area contributed by atoms with Crippen LogP contribution in [-0.4, -0.2) is 34.1 Å². The van der Waals surface area contributed by atoms with E-state index in [-0.39, 0.29) is 18.6 Å². The highest BCUT2D eigenvalue weighted by Crippen LogP contribution is 2.47. The Balaban J connectivity index is 1.75. The van der Waals surface area contributed by atoms with Crippen LogP contribution >= 0.6 is 23.4 Å². The zero-order valence-electron chi connectivity index (χ0n) is 17.4. The van der Waals surface area contributed by atoms with Crippen molar-refractivity contribution < 1.29 is 19.0 Å². The van der Waals surface area contributed by atoms with Crippen molar-refractivity contribution in [2.24, 2.45) is 0 Å². The number of hydrogen-bond donors (Lipinski definition) is 0. The molecule has 0 spiro atoms. The minimum atomic E-state index is -0.884. The topological polar surface area (TPSA) is 86.7 Å². The molecule has 0 unspecified atom stereocenters. The fourth-order valence-corrected chi connectivity index (χ4v) is 4.27. The molecular formula is C22H19ClN4O4S. The van der Waals surface area contributed by atoms with E-state index in [4.69, 9.17) is 25.8 Å². The van der Waals surface area contributed by atoms with Gasteiger partial charge in [0.15, 0.2) is 17.2 Å². The number of nitrogens with zero attached hydrogens (tertiary/aromatic N) is 4. The second-order valence-electron chi connectivity index (χ2n) is 7.18. The van der Waals surface area contributed by atoms with Gasteiger partial charge < -0.3 is 14.2 Å². The summed E-state index contributed by atoms with van der Waals surface area (Å²) in [4.78, 5) is 19.6. The normalized spacial score (nSPS) is 16.1. The molecule has 2 aliphatic rings. The van der Waals surface area contributed by atoms with Crippen molar-refractivity contribution in [1.29, 1.82) is 0 Å². The summed E-state index contributed by atoms with van der Waals surface area (Å²) in [5.41, 5.74) is 2.38. The van der Waals surface area contributed by atoms with Crippen molar-refractivity contribution in [2.45, 2.75) is 31.1 Å². The van der Waals surface area contributed by atoms with Crippen LogP contribution in [0.1, 0.15) is 31.6 Å². The van der Waals surface area contributed by atoms with Gasteiger partial charge in [-0.2, -0.15) is 4.98 Å². The smallest absolute Gasteiger partial charge is 0.247 e. The van der Waals surface area contributed by atoms with Crippen molar-refractivity contribution in [3.8, 4) is 28.6 Å². The number of carbonyl (C=O) groups is 1. The van der Waals surface area contributed by atoms with Crippen molar-refractivity contribution in [3.63, 3.8) is 0 Å². The Bertz CT molecular complexity index is 1210. The zero-order chi connectivity index (χ0) is 22.2. The van der Waals surface area contributed by atoms with Gasteiger partial charge >= 0.3 is 0 Å². The first-order valence-electron chi connectivity index (χ1n) is 10.1. The summed E-state index contributed by atoms with van der Waals surface area (Å²) >= 11 is 8.00. The average molecular weight is 471 g/mol. The van der Waals surface area contributed by atoms with Gasteiger partial charge in [-0.25, -0.2) is 0 Å². The summed E-state index contributed by atoms with van der Waals surface area (Å²) in [6.07, 6.45) is 1.99. The SMILES string of the molecule is CCCC(=O)N1c2ccccc2-c2nnc(SC)nc2O[C@@H]1c1cc2c(cc1Cl)OCO2. The number of anilines is 1. The average Bonchev–Trinajstić information content (AvgIpc) is 3.20. The van der Waals surface area contributed by atoms with Gasteiger partial charge in [-0.15, -0.1) is 10.2 Å². The first kappa shape index (κ1) is 20.8. The molecule has 32 heavy (non-hydrogen) atoms. The van der Waals surface area contributed by atoms with Gasteiger partial charge in [0.1, 0.15) is 0 Å². The maximum atomic E-state index is 13.4. The molecule has 0 saturated carbocycles. The predicted octanol–water partition coefficient (Wildman–Crippen LogP) is 4.87. The van der Waals surface area contributed by atoms with Crippen LogP contribution in [0.3, 0.4) is 0 Å². The number of carbonyl (C=O) groups excluding carboxylic acids is 1. The van der Waals surface area contributed by atoms with Crippen LogP contribution in [0, 0.1) is 0 Å². The lowest BCUT2D eigenvalue weighted by atomic mass is 10.1. The van der Waals surface area contributed by atoms with Crippen LogP contribution in [0.5, 0.6) is 17.4 Å². The molecule has 8 nitrogen and oxygen atoms in total. The standard InChI is InChI=1S/C22H19ClN4O4S/c1-3-6-18(28)27-15-8-5-4-7-12(15)19-20(24-22(32-2)26-25-19)31-21(27)13-9-16-17(10-14(13)23)30-11-29-16/h4-5,7-10,21H,3,6,11H2,1-2H3/t21-/m1/s1. The lowest BCUT2D eigenvalue weighted by Crippen LogP contribution is -2.37. The monoisotopic (exact) mass is 470 g/mol. The van der Waals surface area contributed by atoms with E-state index in [1.54, 1.807) is 17.0 Å². The zero-order valence-corrected chi connectivity index (χ0v) is 18.9. The van der Waals surface area contributed by atoms with Crippen LogP contribution < -0.4 is 19.1 Å². The molecule has 2 aliphatic heterocycles. The maximum absolute atomic E-state index is 13.4. The molecule has 0 bridgehead atoms. The molecule has 0 aliphatic carbocycles. The quantitative estimate of drug-likeness (QED) is 0.499. The maximum Gasteiger partial charge on any atom is 0.247 e. The highest BCUT2D eigenvalue weighted by molar-refractivity contribution is 7.98. The fraction of sp³-hybridized carbons (Fsp3) is 0.273. The van der Waals surface area contributed by atoms with E-state index in [2.05, 4.69) is 15.2 Å². The molecule has 0 N–H and O–H groups in total. The third-order valence-electron chi connectivity index (χ3n) is 5.18. The number of thioether (sulfide) groups is 1. The predicted molar refractivity (Wildman–Crippen MR) is 120 cm³/mol. The molecule has 0 saturated heterocycles. The molecule has 1 amide bonds. The van der Waals surface area contributed by atoms with Crippen molar-refractivity contribution in [2.75, 3.05) is 17.9 Å². The fourth-order valence-electron chi connectivity index (χ4n) is 3.73. The molecule has 164 valence electrons. The number of ether oxygens (including phenoxy) is 3. The van der Waals surface area contributed by atoms with Crippen LogP contribution in [0.15, 0.2) is 41.6 Å². The van der Waals surface area contributed by atoms with E-state index < -0.39 is 6.23 Å². The number of benzene rings is 2. The minimum Gasteiger partial charge on any atom is -0.454 e. The van der Waals surface area contributed by atoms with Crippen LogP contribution in [0.2, 0.25) is 5.02 Å². The van der Waals surface area contributed by atoms with Gasteiger partial charge in [-0.3, -0.25) is 9.69 Å². The highest BCUT2D eigenvalue weighted by Gasteiger charge is 2.37. The molecular weight excluding hydrogens is 452 g/mol. The molecule has 0 fully saturated rings. The molecule has 1 atom stereocenters. The Morgan fingerprint density at radius 1 is 1.22 bits per heavy atom. The molecule has 0 radical (unpaired) electrons. The molecule has 10 heteroatoms. The first-order valence-corrected chi connectivity index (χ1v) is 11.7. The third kappa shape index (κ3) is 3.51. The van der Waals surface area contributed by atoms with E-state index >= 15 is 0 Å². The van der Waals surface area contributed by atoms with Crippen LogP contribution in [0.25, 0.3) is 11.3 Å². The lowest BCUT2D eigenvalue weighted by molar-refractivity contribution is -0.120. The lowest BCUT2D eigenvalue weighted by Gasteiger charge is -2.31. The summed E-state index contributed by atoms with van der Waals surface area (Å²) in [6, 6.07) is 10.9. The second kappa shape index (κ2) is 8.48. The van der Waals surface area contributed by atoms with Gasteiger partial charge in [-0.05, 0) is 24.8 Å². The first-order chi connectivity index (χ1) is 15.6. The molecule has 2 aromatic carbocycles. The van der Waals surface area contributed by atoms with E-state index in [9.17, 15) is 4.79 Å². The number of hydrogen-bond acceptors (Lipinski definition) is 8. The van der Waals surface area contributed by atoms with Gasteiger partial charge in [0.2, 0.25) is 30.0 Å². The van der Waals surface area contributed by atoms with E-state index in [1.807, 2.05) is 37.4 Å². The van der Waals surface area contributed by atoms with Gasteiger partial charge in [0.05, 0.1) is 10.7 Å². The van der Waals surface area contributed by atoms with E-state index in [0.29, 0.717) is 57.0 Å². The number of rotatable bonds is 4. The second-order valence-corrected chi connectivity index (χ2v) is 8.36. The van der Waals surface area contributed by atoms with Crippen LogP contribution in [-0.2, 0) is 4.79 Å². The minimum absolute atomic E-state index is 0.107. The Morgan fingerprint density at radius 3 is 2.78 bits per heavy atom. The largest absolute Gasteiger partial charge is 0.454 e. The van der Waals surface area contributed by atoms with Gasteiger partial charge in [0, 0.05) is 23.6 Å². The van der Waals surface area contributed by atoms with Crippen molar-refractivity contribution in [3.05, 3.63) is 47.0 Å². The van der Waals surface area contributed by atoms with Crippen molar-refractivity contribution in [1.82, 2.24) is 15.2 Å². The Hall–Kier alpha value is -3.04. The van der Waals surface area contributed by atoms with Crippen LogP contribution in [0.4, 0.5) is 5.69 Å². The van der Waals surface area contributed by atoms with Gasteiger partial charge in [0.25, 0.3) is 0 Å². The Morgan fingerprint density at radius 2 is 2.00 bits per heavy atom. The summed E-state index contributed by atoms with van der Waals surface area (Å²) in [5, 5.41) is 9.39. The number of para-hydroxylation sites is 1. The summed E-state index contributed by atoms with van der Waals surface area (Å²) in [7, 11) is 0. The number of amides is 1. The Labute approximate surface area is 193 Å².